The van der Waals surface area contributed by atoms with Crippen molar-refractivity contribution in [2.75, 3.05) is 13.7 Å². The molecule has 0 unspecified atom stereocenters. The number of carbonyl (C=O) groups excluding carboxylic acids is 1. The summed E-state index contributed by atoms with van der Waals surface area (Å²) in [5.41, 5.74) is 2.69. The van der Waals surface area contributed by atoms with E-state index in [1.165, 1.54) is 0 Å². The Balaban J connectivity index is 1.59. The summed E-state index contributed by atoms with van der Waals surface area (Å²) < 4.78 is 12.8. The molecule has 0 saturated heterocycles. The molecule has 1 N–H and O–H groups in total. The fourth-order valence-corrected chi connectivity index (χ4v) is 2.74. The van der Waals surface area contributed by atoms with Gasteiger partial charge in [0.15, 0.2) is 11.5 Å². The molecule has 0 radical (unpaired) electrons. The van der Waals surface area contributed by atoms with Crippen LogP contribution in [0.1, 0.15) is 28.4 Å². The van der Waals surface area contributed by atoms with E-state index in [2.05, 4.69) is 10.3 Å². The van der Waals surface area contributed by atoms with Crippen LogP contribution in [0.3, 0.4) is 0 Å². The molecule has 3 rings (SSSR count). The molecule has 2 aromatic carbocycles. The largest absolute Gasteiger partial charge is 0.493 e. The summed E-state index contributed by atoms with van der Waals surface area (Å²) >= 11 is 0. The predicted molar refractivity (Wildman–Crippen MR) is 103 cm³/mol. The number of nitrogens with one attached hydrogen (secondary N) is 1. The summed E-state index contributed by atoms with van der Waals surface area (Å²) in [6.45, 7) is 3.62. The maximum Gasteiger partial charge on any atom is 0.251 e. The van der Waals surface area contributed by atoms with Crippen LogP contribution in [0.2, 0.25) is 0 Å². The molecule has 0 fully saturated rings. The molecule has 3 aromatic rings. The summed E-state index contributed by atoms with van der Waals surface area (Å²) in [6.07, 6.45) is 5.43. The summed E-state index contributed by atoms with van der Waals surface area (Å²) in [6, 6.07) is 13.2. The average Bonchev–Trinajstić information content (AvgIpc) is 3.20. The molecular weight excluding hydrogens is 342 g/mol. The molecule has 0 spiro atoms. The first-order valence-corrected chi connectivity index (χ1v) is 8.82. The van der Waals surface area contributed by atoms with E-state index in [1.807, 2.05) is 60.2 Å². The minimum Gasteiger partial charge on any atom is -0.493 e. The molecule has 6 heteroatoms. The summed E-state index contributed by atoms with van der Waals surface area (Å²) in [7, 11) is 1.61. The second-order valence-corrected chi connectivity index (χ2v) is 6.03. The van der Waals surface area contributed by atoms with E-state index in [0.29, 0.717) is 30.2 Å². The molecule has 0 aliphatic carbocycles. The van der Waals surface area contributed by atoms with Gasteiger partial charge in [-0.25, -0.2) is 4.98 Å². The molecule has 6 nitrogen and oxygen atoms in total. The highest BCUT2D eigenvalue weighted by Crippen LogP contribution is 2.28. The van der Waals surface area contributed by atoms with E-state index in [1.54, 1.807) is 19.6 Å². The number of amides is 1. The number of ether oxygens (including phenoxy) is 2. The molecule has 0 bridgehead atoms. The van der Waals surface area contributed by atoms with E-state index >= 15 is 0 Å². The molecule has 1 heterocycles. The van der Waals surface area contributed by atoms with E-state index in [0.717, 1.165) is 17.7 Å². The minimum atomic E-state index is -0.113. The SMILES string of the molecule is CCOc1cc(CNC(=O)c2ccc(Cn3ccnc3)cc2)ccc1OC. The molecule has 0 aliphatic rings. The van der Waals surface area contributed by atoms with Crippen molar-refractivity contribution in [3.8, 4) is 11.5 Å². The number of carbonyl (C=O) groups is 1. The predicted octanol–water partition coefficient (Wildman–Crippen LogP) is 3.27. The van der Waals surface area contributed by atoms with Crippen molar-refractivity contribution in [2.45, 2.75) is 20.0 Å². The fourth-order valence-electron chi connectivity index (χ4n) is 2.74. The Morgan fingerprint density at radius 3 is 2.56 bits per heavy atom. The van der Waals surface area contributed by atoms with Crippen LogP contribution in [-0.2, 0) is 13.1 Å². The second kappa shape index (κ2) is 8.89. The van der Waals surface area contributed by atoms with Crippen LogP contribution in [-0.4, -0.2) is 29.2 Å². The van der Waals surface area contributed by atoms with Crippen molar-refractivity contribution < 1.29 is 14.3 Å². The smallest absolute Gasteiger partial charge is 0.251 e. The van der Waals surface area contributed by atoms with Crippen LogP contribution in [0.15, 0.2) is 61.2 Å². The summed E-state index contributed by atoms with van der Waals surface area (Å²) in [5.74, 6) is 1.24. The van der Waals surface area contributed by atoms with Crippen LogP contribution in [0.4, 0.5) is 0 Å². The maximum atomic E-state index is 12.4. The summed E-state index contributed by atoms with van der Waals surface area (Å²) in [4.78, 5) is 16.4. The Morgan fingerprint density at radius 1 is 1.11 bits per heavy atom. The van der Waals surface area contributed by atoms with Gasteiger partial charge in [0, 0.05) is 31.0 Å². The van der Waals surface area contributed by atoms with Crippen LogP contribution < -0.4 is 14.8 Å². The summed E-state index contributed by atoms with van der Waals surface area (Å²) in [5, 5.41) is 2.94. The zero-order valence-corrected chi connectivity index (χ0v) is 15.5. The Hall–Kier alpha value is -3.28. The van der Waals surface area contributed by atoms with Gasteiger partial charge in [0.1, 0.15) is 0 Å². The van der Waals surface area contributed by atoms with E-state index in [9.17, 15) is 4.79 Å². The van der Waals surface area contributed by atoms with Crippen molar-refractivity contribution in [3.63, 3.8) is 0 Å². The molecular formula is C21H23N3O3. The third-order valence-electron chi connectivity index (χ3n) is 4.12. The van der Waals surface area contributed by atoms with Gasteiger partial charge in [0.05, 0.1) is 20.0 Å². The van der Waals surface area contributed by atoms with Gasteiger partial charge in [-0.3, -0.25) is 4.79 Å². The van der Waals surface area contributed by atoms with Crippen molar-refractivity contribution in [1.29, 1.82) is 0 Å². The highest BCUT2D eigenvalue weighted by Gasteiger charge is 2.08. The van der Waals surface area contributed by atoms with Gasteiger partial charge in [-0.2, -0.15) is 0 Å². The molecule has 140 valence electrons. The van der Waals surface area contributed by atoms with Gasteiger partial charge >= 0.3 is 0 Å². The van der Waals surface area contributed by atoms with Gasteiger partial charge in [-0.1, -0.05) is 18.2 Å². The molecule has 0 aliphatic heterocycles. The van der Waals surface area contributed by atoms with Crippen LogP contribution in [0.5, 0.6) is 11.5 Å². The molecule has 0 saturated carbocycles. The number of benzene rings is 2. The number of hydrogen-bond donors (Lipinski definition) is 1. The van der Waals surface area contributed by atoms with Gasteiger partial charge in [-0.15, -0.1) is 0 Å². The van der Waals surface area contributed by atoms with E-state index in [4.69, 9.17) is 9.47 Å². The maximum absolute atomic E-state index is 12.4. The standard InChI is InChI=1S/C21H23N3O3/c1-3-27-20-12-17(6-9-19(20)26-2)13-23-21(25)18-7-4-16(5-8-18)14-24-11-10-22-15-24/h4-12,15H,3,13-14H2,1-2H3,(H,23,25). The van der Waals surface area contributed by atoms with Crippen molar-refractivity contribution in [2.24, 2.45) is 0 Å². The molecule has 1 aromatic heterocycles. The number of imidazole rings is 1. The van der Waals surface area contributed by atoms with Crippen molar-refractivity contribution in [3.05, 3.63) is 77.9 Å². The first-order valence-electron chi connectivity index (χ1n) is 8.82. The normalized spacial score (nSPS) is 10.4. The van der Waals surface area contributed by atoms with E-state index in [-0.39, 0.29) is 5.91 Å². The van der Waals surface area contributed by atoms with Gasteiger partial charge in [0.25, 0.3) is 5.91 Å². The topological polar surface area (TPSA) is 65.4 Å². The number of aromatic nitrogens is 2. The molecule has 27 heavy (non-hydrogen) atoms. The first-order chi connectivity index (χ1) is 13.2. The lowest BCUT2D eigenvalue weighted by atomic mass is 10.1. The fraction of sp³-hybridized carbons (Fsp3) is 0.238. The lowest BCUT2D eigenvalue weighted by Gasteiger charge is -2.12. The third kappa shape index (κ3) is 4.88. The van der Waals surface area contributed by atoms with Gasteiger partial charge in [-0.05, 0) is 42.3 Å². The number of rotatable bonds is 8. The Labute approximate surface area is 158 Å². The zero-order chi connectivity index (χ0) is 19.1. The van der Waals surface area contributed by atoms with E-state index < -0.39 is 0 Å². The van der Waals surface area contributed by atoms with Crippen molar-refractivity contribution in [1.82, 2.24) is 14.9 Å². The Kier molecular flexibility index (Phi) is 6.10. The number of hydrogen-bond acceptors (Lipinski definition) is 4. The first kappa shape index (κ1) is 18.5. The van der Waals surface area contributed by atoms with Gasteiger partial charge < -0.3 is 19.4 Å². The van der Waals surface area contributed by atoms with Crippen LogP contribution >= 0.6 is 0 Å². The van der Waals surface area contributed by atoms with Gasteiger partial charge in [0.2, 0.25) is 0 Å². The number of methoxy groups -OCH3 is 1. The lowest BCUT2D eigenvalue weighted by Crippen LogP contribution is -2.22. The monoisotopic (exact) mass is 365 g/mol. The average molecular weight is 365 g/mol. The highest BCUT2D eigenvalue weighted by molar-refractivity contribution is 5.94. The zero-order valence-electron chi connectivity index (χ0n) is 15.5. The Morgan fingerprint density at radius 2 is 1.89 bits per heavy atom. The number of nitrogens with zero attached hydrogens (tertiary/aromatic N) is 2. The quantitative estimate of drug-likeness (QED) is 0.665. The highest BCUT2D eigenvalue weighted by atomic mass is 16.5. The third-order valence-corrected chi connectivity index (χ3v) is 4.12. The second-order valence-electron chi connectivity index (χ2n) is 6.03. The van der Waals surface area contributed by atoms with Crippen LogP contribution in [0, 0.1) is 0 Å². The Bertz CT molecular complexity index is 874. The van der Waals surface area contributed by atoms with Crippen molar-refractivity contribution >= 4 is 5.91 Å². The van der Waals surface area contributed by atoms with Crippen LogP contribution in [0.25, 0.3) is 0 Å². The minimum absolute atomic E-state index is 0.113. The molecule has 0 atom stereocenters. The lowest BCUT2D eigenvalue weighted by molar-refractivity contribution is 0.0951. The molecule has 1 amide bonds.